The van der Waals surface area contributed by atoms with Crippen molar-refractivity contribution >= 4 is 5.91 Å². The third-order valence-electron chi connectivity index (χ3n) is 2.44. The third kappa shape index (κ3) is 2.93. The van der Waals surface area contributed by atoms with Crippen LogP contribution in [0.25, 0.3) is 0 Å². The van der Waals surface area contributed by atoms with Crippen molar-refractivity contribution in [1.82, 2.24) is 5.32 Å². The van der Waals surface area contributed by atoms with Gasteiger partial charge in [0.2, 0.25) is 5.91 Å². The van der Waals surface area contributed by atoms with Gasteiger partial charge in [-0.2, -0.15) is 0 Å². The number of hydrogen-bond donors (Lipinski definition) is 2. The summed E-state index contributed by atoms with van der Waals surface area (Å²) in [6.45, 7) is 1.73. The molecule has 3 N–H and O–H groups in total. The Morgan fingerprint density at radius 3 is 2.50 bits per heavy atom. The second-order valence-electron chi connectivity index (χ2n) is 3.69. The molecule has 0 aliphatic carbocycles. The van der Waals surface area contributed by atoms with E-state index in [0.717, 1.165) is 0 Å². The van der Waals surface area contributed by atoms with E-state index in [1.54, 1.807) is 14.0 Å². The normalized spacial score (nSPS) is 14.2. The minimum atomic E-state index is -0.936. The second kappa shape index (κ2) is 4.94. The number of carbonyl (C=O) groups excluding carboxylic acids is 1. The van der Waals surface area contributed by atoms with Gasteiger partial charge in [-0.1, -0.05) is 0 Å². The zero-order chi connectivity index (χ0) is 12.2. The molecule has 1 unspecified atom stereocenters. The first-order chi connectivity index (χ1) is 7.48. The number of hydrogen-bond acceptors (Lipinski definition) is 3. The highest BCUT2D eigenvalue weighted by Gasteiger charge is 2.29. The number of rotatable bonds is 5. The zero-order valence-corrected chi connectivity index (χ0v) is 9.29. The van der Waals surface area contributed by atoms with Crippen LogP contribution in [0.5, 0.6) is 5.75 Å². The summed E-state index contributed by atoms with van der Waals surface area (Å²) in [5.41, 5.74) is 4.29. The predicted octanol–water partition coefficient (Wildman–Crippen LogP) is 0.668. The average molecular weight is 226 g/mol. The van der Waals surface area contributed by atoms with Crippen LogP contribution in [0, 0.1) is 5.82 Å². The lowest BCUT2D eigenvalue weighted by Gasteiger charge is -2.25. The van der Waals surface area contributed by atoms with Crippen LogP contribution in [-0.2, 0) is 4.79 Å². The van der Waals surface area contributed by atoms with E-state index >= 15 is 0 Å². The quantitative estimate of drug-likeness (QED) is 0.775. The molecule has 0 bridgehead atoms. The maximum absolute atomic E-state index is 12.6. The van der Waals surface area contributed by atoms with Gasteiger partial charge in [-0.05, 0) is 38.2 Å². The predicted molar refractivity (Wildman–Crippen MR) is 58.6 cm³/mol. The SMILES string of the molecule is CNC(C)(COc1ccc(F)cc1)C(N)=O. The van der Waals surface area contributed by atoms with Crippen LogP contribution in [0.3, 0.4) is 0 Å². The standard InChI is InChI=1S/C11H15FN2O2/c1-11(14-2,10(13)15)7-16-9-5-3-8(12)4-6-9/h3-6,14H,7H2,1-2H3,(H2,13,15). The van der Waals surface area contributed by atoms with Gasteiger partial charge in [0.1, 0.15) is 23.7 Å². The zero-order valence-electron chi connectivity index (χ0n) is 9.29. The third-order valence-corrected chi connectivity index (χ3v) is 2.44. The summed E-state index contributed by atoms with van der Waals surface area (Å²) >= 11 is 0. The largest absolute Gasteiger partial charge is 0.491 e. The van der Waals surface area contributed by atoms with Crippen LogP contribution >= 0.6 is 0 Å². The summed E-state index contributed by atoms with van der Waals surface area (Å²) in [6.07, 6.45) is 0. The molecule has 1 rings (SSSR count). The van der Waals surface area contributed by atoms with Crippen molar-refractivity contribution in [2.24, 2.45) is 5.73 Å². The molecule has 0 saturated carbocycles. The van der Waals surface area contributed by atoms with Gasteiger partial charge in [-0.25, -0.2) is 4.39 Å². The summed E-state index contributed by atoms with van der Waals surface area (Å²) in [4.78, 5) is 11.1. The van der Waals surface area contributed by atoms with E-state index in [9.17, 15) is 9.18 Å². The summed E-state index contributed by atoms with van der Waals surface area (Å²) < 4.78 is 18.0. The number of halogens is 1. The average Bonchev–Trinajstić information content (AvgIpc) is 2.27. The molecule has 0 aliphatic rings. The summed E-state index contributed by atoms with van der Waals surface area (Å²) in [6, 6.07) is 5.56. The maximum Gasteiger partial charge on any atom is 0.240 e. The summed E-state index contributed by atoms with van der Waals surface area (Å²) in [5.74, 6) is -0.347. The van der Waals surface area contributed by atoms with Gasteiger partial charge in [-0.3, -0.25) is 4.79 Å². The number of benzene rings is 1. The van der Waals surface area contributed by atoms with Gasteiger partial charge in [-0.15, -0.1) is 0 Å². The molecule has 1 aromatic rings. The molecule has 5 heteroatoms. The lowest BCUT2D eigenvalue weighted by molar-refractivity contribution is -0.124. The van der Waals surface area contributed by atoms with Crippen molar-refractivity contribution in [1.29, 1.82) is 0 Å². The number of ether oxygens (including phenoxy) is 1. The first kappa shape index (κ1) is 12.4. The van der Waals surface area contributed by atoms with E-state index in [2.05, 4.69) is 5.32 Å². The molecule has 1 amide bonds. The van der Waals surface area contributed by atoms with Crippen LogP contribution in [0.1, 0.15) is 6.92 Å². The molecule has 0 spiro atoms. The molecule has 1 atom stereocenters. The Bertz CT molecular complexity index is 367. The fraction of sp³-hybridized carbons (Fsp3) is 0.364. The first-order valence-corrected chi connectivity index (χ1v) is 4.85. The molecular weight excluding hydrogens is 211 g/mol. The number of nitrogens with one attached hydrogen (secondary N) is 1. The first-order valence-electron chi connectivity index (χ1n) is 4.85. The number of amides is 1. The van der Waals surface area contributed by atoms with E-state index in [-0.39, 0.29) is 12.4 Å². The maximum atomic E-state index is 12.6. The molecule has 1 aromatic carbocycles. The smallest absolute Gasteiger partial charge is 0.240 e. The Morgan fingerprint density at radius 2 is 2.06 bits per heavy atom. The summed E-state index contributed by atoms with van der Waals surface area (Å²) in [7, 11) is 1.62. The van der Waals surface area contributed by atoms with Gasteiger partial charge in [0.15, 0.2) is 0 Å². The second-order valence-corrected chi connectivity index (χ2v) is 3.69. The molecular formula is C11H15FN2O2. The summed E-state index contributed by atoms with van der Waals surface area (Å²) in [5, 5.41) is 2.79. The highest BCUT2D eigenvalue weighted by Crippen LogP contribution is 2.13. The molecule has 0 aromatic heterocycles. The fourth-order valence-electron chi connectivity index (χ4n) is 1.02. The highest BCUT2D eigenvalue weighted by molar-refractivity contribution is 5.84. The van der Waals surface area contributed by atoms with Crippen LogP contribution in [0.4, 0.5) is 4.39 Å². The van der Waals surface area contributed by atoms with E-state index in [0.29, 0.717) is 5.75 Å². The van der Waals surface area contributed by atoms with E-state index in [4.69, 9.17) is 10.5 Å². The minimum Gasteiger partial charge on any atom is -0.491 e. The Labute approximate surface area is 93.6 Å². The van der Waals surface area contributed by atoms with Gasteiger partial charge >= 0.3 is 0 Å². The lowest BCUT2D eigenvalue weighted by atomic mass is 10.0. The van der Waals surface area contributed by atoms with Crippen LogP contribution in [-0.4, -0.2) is 25.1 Å². The van der Waals surface area contributed by atoms with Gasteiger partial charge in [0.05, 0.1) is 0 Å². The fourth-order valence-corrected chi connectivity index (χ4v) is 1.02. The number of nitrogens with two attached hydrogens (primary N) is 1. The van der Waals surface area contributed by atoms with Crippen molar-refractivity contribution in [3.8, 4) is 5.75 Å². The minimum absolute atomic E-state index is 0.0878. The van der Waals surface area contributed by atoms with Crippen LogP contribution in [0.2, 0.25) is 0 Å². The Kier molecular flexibility index (Phi) is 3.84. The Hall–Kier alpha value is -1.62. The van der Waals surface area contributed by atoms with E-state index in [1.807, 2.05) is 0 Å². The Balaban J connectivity index is 2.63. The van der Waals surface area contributed by atoms with Gasteiger partial charge in [0, 0.05) is 0 Å². The van der Waals surface area contributed by atoms with Gasteiger partial charge in [0.25, 0.3) is 0 Å². The van der Waals surface area contributed by atoms with Crippen molar-refractivity contribution in [2.45, 2.75) is 12.5 Å². The number of likely N-dealkylation sites (N-methyl/N-ethyl adjacent to an activating group) is 1. The van der Waals surface area contributed by atoms with E-state index in [1.165, 1.54) is 24.3 Å². The molecule has 0 radical (unpaired) electrons. The monoisotopic (exact) mass is 226 g/mol. The molecule has 16 heavy (non-hydrogen) atoms. The molecule has 0 fully saturated rings. The number of primary amides is 1. The van der Waals surface area contributed by atoms with Crippen molar-refractivity contribution in [3.05, 3.63) is 30.1 Å². The lowest BCUT2D eigenvalue weighted by Crippen LogP contribution is -2.55. The Morgan fingerprint density at radius 1 is 1.50 bits per heavy atom. The molecule has 0 heterocycles. The van der Waals surface area contributed by atoms with Crippen LogP contribution < -0.4 is 15.8 Å². The molecule has 4 nitrogen and oxygen atoms in total. The van der Waals surface area contributed by atoms with Crippen LogP contribution in [0.15, 0.2) is 24.3 Å². The molecule has 0 saturated heterocycles. The van der Waals surface area contributed by atoms with Gasteiger partial charge < -0.3 is 15.8 Å². The number of carbonyl (C=O) groups is 1. The van der Waals surface area contributed by atoms with Crippen molar-refractivity contribution < 1.29 is 13.9 Å². The van der Waals surface area contributed by atoms with Crippen molar-refractivity contribution in [2.75, 3.05) is 13.7 Å². The topological polar surface area (TPSA) is 64.3 Å². The highest BCUT2D eigenvalue weighted by atomic mass is 19.1. The van der Waals surface area contributed by atoms with Crippen molar-refractivity contribution in [3.63, 3.8) is 0 Å². The molecule has 88 valence electrons. The molecule has 0 aliphatic heterocycles. The van der Waals surface area contributed by atoms with E-state index < -0.39 is 11.4 Å².